The summed E-state index contributed by atoms with van der Waals surface area (Å²) in [7, 11) is 0. The number of fused-ring (bicyclic) bond motifs is 9. The number of nitrogens with one attached hydrogen (secondary N) is 2. The van der Waals surface area contributed by atoms with Crippen LogP contribution < -0.4 is 0 Å². The standard InChI is InChI=1S/C30H27N5/c1-4-25-33-28-21-11-8-18(15-23(21)26-22(29(28)34-25)6-5-13-31-26)17-7-10-20-19(14-17)9-12-24-27(20)35-30(32-24)16(2)3/h5-8,10-11,13-16H,4,9,12H2,1-3H3,(H,32,35)(H,33,34). The van der Waals surface area contributed by atoms with Crippen molar-refractivity contribution in [1.29, 1.82) is 0 Å². The molecule has 0 spiro atoms. The Balaban J connectivity index is 1.40. The highest BCUT2D eigenvalue weighted by Gasteiger charge is 2.22. The second kappa shape index (κ2) is 7.51. The largest absolute Gasteiger partial charge is 0.342 e. The number of hydrogen-bond acceptors (Lipinski definition) is 3. The lowest BCUT2D eigenvalue weighted by Gasteiger charge is -2.17. The molecule has 0 saturated carbocycles. The lowest BCUT2D eigenvalue weighted by Crippen LogP contribution is -2.03. The molecule has 172 valence electrons. The number of hydrogen-bond donors (Lipinski definition) is 2. The molecule has 0 unspecified atom stereocenters. The van der Waals surface area contributed by atoms with Crippen molar-refractivity contribution in [1.82, 2.24) is 24.9 Å². The van der Waals surface area contributed by atoms with Gasteiger partial charge >= 0.3 is 0 Å². The summed E-state index contributed by atoms with van der Waals surface area (Å²) >= 11 is 0. The van der Waals surface area contributed by atoms with Crippen molar-refractivity contribution in [2.75, 3.05) is 0 Å². The molecule has 0 radical (unpaired) electrons. The van der Waals surface area contributed by atoms with Gasteiger partial charge < -0.3 is 9.97 Å². The van der Waals surface area contributed by atoms with E-state index in [9.17, 15) is 0 Å². The van der Waals surface area contributed by atoms with Crippen LogP contribution in [0.25, 0.3) is 55.1 Å². The van der Waals surface area contributed by atoms with Gasteiger partial charge in [0.2, 0.25) is 0 Å². The fourth-order valence-electron chi connectivity index (χ4n) is 5.51. The van der Waals surface area contributed by atoms with Crippen molar-refractivity contribution in [3.63, 3.8) is 0 Å². The Morgan fingerprint density at radius 1 is 0.857 bits per heavy atom. The van der Waals surface area contributed by atoms with Gasteiger partial charge in [-0.05, 0) is 47.7 Å². The van der Waals surface area contributed by atoms with Gasteiger partial charge in [0, 0.05) is 40.3 Å². The van der Waals surface area contributed by atoms with Gasteiger partial charge in [0.1, 0.15) is 11.6 Å². The molecule has 3 aromatic carbocycles. The molecule has 7 rings (SSSR count). The Hall–Kier alpha value is -3.99. The normalized spacial score (nSPS) is 13.1. The highest BCUT2D eigenvalue weighted by molar-refractivity contribution is 6.22. The van der Waals surface area contributed by atoms with Crippen LogP contribution >= 0.6 is 0 Å². The first-order chi connectivity index (χ1) is 17.1. The first-order valence-electron chi connectivity index (χ1n) is 12.5. The molecule has 3 heterocycles. The van der Waals surface area contributed by atoms with Crippen molar-refractivity contribution in [3.8, 4) is 22.4 Å². The average Bonchev–Trinajstić information content (AvgIpc) is 3.53. The number of benzene rings is 3. The van der Waals surface area contributed by atoms with Crippen LogP contribution in [0.1, 0.15) is 49.6 Å². The van der Waals surface area contributed by atoms with Crippen LogP contribution in [0.5, 0.6) is 0 Å². The van der Waals surface area contributed by atoms with Gasteiger partial charge in [-0.3, -0.25) is 4.98 Å². The molecule has 0 atom stereocenters. The average molecular weight is 458 g/mol. The summed E-state index contributed by atoms with van der Waals surface area (Å²) in [5.74, 6) is 2.49. The Morgan fingerprint density at radius 3 is 2.57 bits per heavy atom. The number of H-pyrrole nitrogens is 2. The van der Waals surface area contributed by atoms with E-state index in [0.29, 0.717) is 5.92 Å². The molecule has 0 amide bonds. The Kier molecular flexibility index (Phi) is 4.37. The van der Waals surface area contributed by atoms with Crippen molar-refractivity contribution in [2.24, 2.45) is 0 Å². The second-order valence-corrected chi connectivity index (χ2v) is 9.89. The predicted molar refractivity (Wildman–Crippen MR) is 143 cm³/mol. The SMILES string of the molecule is CCc1nc2c3cccnc3c3cc(-c4ccc5c(c4)CCc4nc(C(C)C)[nH]c4-5)ccc3c2[nH]1. The Labute approximate surface area is 203 Å². The third kappa shape index (κ3) is 3.04. The minimum absolute atomic E-state index is 0.402. The zero-order chi connectivity index (χ0) is 23.7. The van der Waals surface area contributed by atoms with E-state index in [0.717, 1.165) is 58.2 Å². The fraction of sp³-hybridized carbons (Fsp3) is 0.233. The molecule has 35 heavy (non-hydrogen) atoms. The second-order valence-electron chi connectivity index (χ2n) is 9.89. The van der Waals surface area contributed by atoms with Crippen LogP contribution in [0.15, 0.2) is 54.7 Å². The zero-order valence-corrected chi connectivity index (χ0v) is 20.2. The lowest BCUT2D eigenvalue weighted by atomic mass is 9.89. The molecule has 5 nitrogen and oxygen atoms in total. The first kappa shape index (κ1) is 20.4. The maximum Gasteiger partial charge on any atom is 0.109 e. The monoisotopic (exact) mass is 457 g/mol. The van der Waals surface area contributed by atoms with Crippen LogP contribution in [0.2, 0.25) is 0 Å². The van der Waals surface area contributed by atoms with E-state index in [1.807, 2.05) is 12.3 Å². The number of nitrogens with zero attached hydrogens (tertiary/aromatic N) is 3. The van der Waals surface area contributed by atoms with Gasteiger partial charge in [0.25, 0.3) is 0 Å². The van der Waals surface area contributed by atoms with Crippen molar-refractivity contribution >= 4 is 32.7 Å². The smallest absolute Gasteiger partial charge is 0.109 e. The van der Waals surface area contributed by atoms with Crippen LogP contribution in [-0.4, -0.2) is 24.9 Å². The van der Waals surface area contributed by atoms with Crippen LogP contribution in [0, 0.1) is 0 Å². The Bertz CT molecular complexity index is 1770. The molecular formula is C30H27N5. The molecule has 0 bridgehead atoms. The first-order valence-corrected chi connectivity index (χ1v) is 12.5. The predicted octanol–water partition coefficient (Wildman–Crippen LogP) is 7.11. The van der Waals surface area contributed by atoms with Gasteiger partial charge in [0.15, 0.2) is 0 Å². The maximum atomic E-state index is 4.87. The van der Waals surface area contributed by atoms with Gasteiger partial charge in [-0.1, -0.05) is 51.1 Å². The van der Waals surface area contributed by atoms with Crippen LogP contribution in [0.3, 0.4) is 0 Å². The van der Waals surface area contributed by atoms with E-state index in [4.69, 9.17) is 15.0 Å². The third-order valence-corrected chi connectivity index (χ3v) is 7.38. The lowest BCUT2D eigenvalue weighted by molar-refractivity contribution is 0.787. The number of rotatable bonds is 3. The number of imidazole rings is 2. The van der Waals surface area contributed by atoms with Crippen molar-refractivity contribution in [2.45, 2.75) is 46.0 Å². The van der Waals surface area contributed by atoms with Gasteiger partial charge in [0.05, 0.1) is 27.9 Å². The molecule has 5 heteroatoms. The summed E-state index contributed by atoms with van der Waals surface area (Å²) in [6, 6.07) is 17.7. The summed E-state index contributed by atoms with van der Waals surface area (Å²) in [6.07, 6.45) is 4.76. The summed E-state index contributed by atoms with van der Waals surface area (Å²) in [5, 5.41) is 3.43. The third-order valence-electron chi connectivity index (χ3n) is 7.38. The topological polar surface area (TPSA) is 70.2 Å². The molecule has 0 saturated heterocycles. The minimum Gasteiger partial charge on any atom is -0.342 e. The molecule has 1 aliphatic rings. The van der Waals surface area contributed by atoms with E-state index >= 15 is 0 Å². The number of aromatic amines is 2. The van der Waals surface area contributed by atoms with E-state index in [-0.39, 0.29) is 0 Å². The Morgan fingerprint density at radius 2 is 1.71 bits per heavy atom. The summed E-state index contributed by atoms with van der Waals surface area (Å²) in [5.41, 5.74) is 10.6. The summed E-state index contributed by atoms with van der Waals surface area (Å²) in [6.45, 7) is 6.50. The molecule has 0 fully saturated rings. The molecule has 1 aliphatic carbocycles. The quantitative estimate of drug-likeness (QED) is 0.278. The van der Waals surface area contributed by atoms with Crippen LogP contribution in [0.4, 0.5) is 0 Å². The van der Waals surface area contributed by atoms with E-state index in [2.05, 4.69) is 73.2 Å². The zero-order valence-electron chi connectivity index (χ0n) is 20.2. The molecular weight excluding hydrogens is 430 g/mol. The number of aryl methyl sites for hydroxylation is 3. The van der Waals surface area contributed by atoms with E-state index in [1.54, 1.807) is 0 Å². The van der Waals surface area contributed by atoms with Gasteiger partial charge in [-0.25, -0.2) is 9.97 Å². The van der Waals surface area contributed by atoms with Crippen molar-refractivity contribution in [3.05, 3.63) is 77.6 Å². The number of pyridine rings is 1. The fourth-order valence-corrected chi connectivity index (χ4v) is 5.51. The minimum atomic E-state index is 0.402. The highest BCUT2D eigenvalue weighted by Crippen LogP contribution is 2.38. The maximum absolute atomic E-state index is 4.87. The van der Waals surface area contributed by atoms with E-state index < -0.39 is 0 Å². The van der Waals surface area contributed by atoms with Gasteiger partial charge in [-0.15, -0.1) is 0 Å². The molecule has 6 aromatic rings. The van der Waals surface area contributed by atoms with Gasteiger partial charge in [-0.2, -0.15) is 0 Å². The van der Waals surface area contributed by atoms with E-state index in [1.165, 1.54) is 39.0 Å². The highest BCUT2D eigenvalue weighted by atomic mass is 14.9. The number of aromatic nitrogens is 5. The molecule has 2 N–H and O–H groups in total. The molecule has 3 aromatic heterocycles. The molecule has 0 aliphatic heterocycles. The van der Waals surface area contributed by atoms with Crippen molar-refractivity contribution < 1.29 is 0 Å². The summed E-state index contributed by atoms with van der Waals surface area (Å²) < 4.78 is 0. The van der Waals surface area contributed by atoms with Crippen LogP contribution in [-0.2, 0) is 19.3 Å². The summed E-state index contributed by atoms with van der Waals surface area (Å²) in [4.78, 5) is 21.6.